The summed E-state index contributed by atoms with van der Waals surface area (Å²) in [6, 6.07) is -0.810. The molecule has 0 heterocycles. The van der Waals surface area contributed by atoms with Gasteiger partial charge in [0.05, 0.1) is 39.9 Å². The Morgan fingerprint density at radius 1 is 0.642 bits per heavy atom. The van der Waals surface area contributed by atoms with Crippen molar-refractivity contribution in [3.05, 3.63) is 12.2 Å². The average molecular weight is 773 g/mol. The highest BCUT2D eigenvalue weighted by Crippen LogP contribution is 2.38. The van der Waals surface area contributed by atoms with Gasteiger partial charge < -0.3 is 28.8 Å². The lowest BCUT2D eigenvalue weighted by molar-refractivity contribution is -0.870. The SMILES string of the molecule is CCCCCCCC/C=C/CCCC[C@@H](O)[C@H](COP(=O)([O-])OCC[N+](C)(C)C)NC(=O)CCCCCCCCCCCCCCCCCCCCC. The van der Waals surface area contributed by atoms with E-state index in [0.717, 1.165) is 44.9 Å². The molecule has 0 aromatic carbocycles. The highest BCUT2D eigenvalue weighted by Gasteiger charge is 2.24. The Morgan fingerprint density at radius 3 is 1.47 bits per heavy atom. The van der Waals surface area contributed by atoms with Gasteiger partial charge in [-0.05, 0) is 38.5 Å². The number of rotatable bonds is 41. The van der Waals surface area contributed by atoms with Crippen LogP contribution in [0.1, 0.15) is 213 Å². The Labute approximate surface area is 329 Å². The number of hydrogen-bond donors (Lipinski definition) is 2. The maximum atomic E-state index is 12.9. The average Bonchev–Trinajstić information content (AvgIpc) is 3.10. The predicted octanol–water partition coefficient (Wildman–Crippen LogP) is 11.7. The van der Waals surface area contributed by atoms with E-state index in [1.807, 2.05) is 21.1 Å². The van der Waals surface area contributed by atoms with E-state index in [1.165, 1.54) is 141 Å². The van der Waals surface area contributed by atoms with Crippen molar-refractivity contribution >= 4 is 13.7 Å². The molecule has 0 aromatic heterocycles. The number of quaternary nitrogens is 1. The smallest absolute Gasteiger partial charge is 0.268 e. The molecule has 0 spiro atoms. The number of amides is 1. The Bertz CT molecular complexity index is 880. The summed E-state index contributed by atoms with van der Waals surface area (Å²) in [6.45, 7) is 4.70. The van der Waals surface area contributed by atoms with Crippen molar-refractivity contribution in [1.82, 2.24) is 5.32 Å². The summed E-state index contributed by atoms with van der Waals surface area (Å²) in [7, 11) is 1.29. The maximum absolute atomic E-state index is 12.9. The number of carbonyl (C=O) groups is 1. The third kappa shape index (κ3) is 39.3. The molecule has 0 aliphatic carbocycles. The minimum absolute atomic E-state index is 0.00956. The molecule has 0 saturated heterocycles. The van der Waals surface area contributed by atoms with Crippen LogP contribution in [-0.2, 0) is 18.4 Å². The minimum Gasteiger partial charge on any atom is -0.756 e. The fourth-order valence-corrected chi connectivity index (χ4v) is 7.35. The first-order valence-corrected chi connectivity index (χ1v) is 24.0. The predicted molar refractivity (Wildman–Crippen MR) is 224 cm³/mol. The second kappa shape index (κ2) is 36.9. The monoisotopic (exact) mass is 773 g/mol. The first kappa shape index (κ1) is 52.2. The van der Waals surface area contributed by atoms with E-state index >= 15 is 0 Å². The molecule has 0 aromatic rings. The van der Waals surface area contributed by atoms with Gasteiger partial charge in [-0.25, -0.2) is 0 Å². The van der Waals surface area contributed by atoms with Crippen LogP contribution in [0, 0.1) is 0 Å². The summed E-state index contributed by atoms with van der Waals surface area (Å²) in [4.78, 5) is 25.3. The maximum Gasteiger partial charge on any atom is 0.268 e. The Balaban J connectivity index is 4.30. The number of phosphoric acid groups is 1. The van der Waals surface area contributed by atoms with Crippen molar-refractivity contribution in [3.8, 4) is 0 Å². The van der Waals surface area contributed by atoms with Crippen molar-refractivity contribution in [2.45, 2.75) is 225 Å². The molecule has 0 aliphatic heterocycles. The number of allylic oxidation sites excluding steroid dienone is 2. The van der Waals surface area contributed by atoms with Gasteiger partial charge in [-0.1, -0.05) is 180 Å². The topological polar surface area (TPSA) is 108 Å². The van der Waals surface area contributed by atoms with Gasteiger partial charge in [0.2, 0.25) is 5.91 Å². The van der Waals surface area contributed by atoms with E-state index in [1.54, 1.807) is 0 Å². The molecule has 0 fully saturated rings. The number of nitrogens with zero attached hydrogens (tertiary/aromatic N) is 1. The van der Waals surface area contributed by atoms with Crippen molar-refractivity contribution in [1.29, 1.82) is 0 Å². The Morgan fingerprint density at radius 2 is 1.04 bits per heavy atom. The molecule has 316 valence electrons. The molecule has 1 unspecified atom stereocenters. The first-order chi connectivity index (χ1) is 25.5. The molecule has 0 bridgehead atoms. The minimum atomic E-state index is -4.56. The zero-order valence-electron chi connectivity index (χ0n) is 35.7. The van der Waals surface area contributed by atoms with Gasteiger partial charge in [-0.3, -0.25) is 9.36 Å². The lowest BCUT2D eigenvalue weighted by atomic mass is 10.0. The van der Waals surface area contributed by atoms with E-state index in [2.05, 4.69) is 31.3 Å². The van der Waals surface area contributed by atoms with Gasteiger partial charge in [-0.15, -0.1) is 0 Å². The van der Waals surface area contributed by atoms with Crippen molar-refractivity contribution in [2.75, 3.05) is 40.9 Å². The van der Waals surface area contributed by atoms with Crippen molar-refractivity contribution < 1.29 is 32.9 Å². The van der Waals surface area contributed by atoms with E-state index in [-0.39, 0.29) is 19.1 Å². The summed E-state index contributed by atoms with van der Waals surface area (Å²) >= 11 is 0. The van der Waals surface area contributed by atoms with Crippen LogP contribution in [0.4, 0.5) is 0 Å². The summed E-state index contributed by atoms with van der Waals surface area (Å²) in [5, 5.41) is 13.9. The zero-order chi connectivity index (χ0) is 39.3. The van der Waals surface area contributed by atoms with Crippen LogP contribution in [0.3, 0.4) is 0 Å². The fourth-order valence-electron chi connectivity index (χ4n) is 6.62. The second-order valence-corrected chi connectivity index (χ2v) is 18.2. The lowest BCUT2D eigenvalue weighted by Gasteiger charge is -2.30. The summed E-state index contributed by atoms with van der Waals surface area (Å²) in [5.74, 6) is -0.172. The highest BCUT2D eigenvalue weighted by molar-refractivity contribution is 7.45. The van der Waals surface area contributed by atoms with Crippen LogP contribution < -0.4 is 10.2 Å². The molecule has 0 radical (unpaired) electrons. The van der Waals surface area contributed by atoms with E-state index in [9.17, 15) is 19.4 Å². The normalized spacial score (nSPS) is 14.5. The van der Waals surface area contributed by atoms with Crippen LogP contribution in [0.25, 0.3) is 0 Å². The van der Waals surface area contributed by atoms with Gasteiger partial charge >= 0.3 is 0 Å². The molecule has 8 nitrogen and oxygen atoms in total. The quantitative estimate of drug-likeness (QED) is 0.0277. The molecular formula is C44H89N2O6P. The lowest BCUT2D eigenvalue weighted by Crippen LogP contribution is -2.46. The zero-order valence-corrected chi connectivity index (χ0v) is 36.6. The van der Waals surface area contributed by atoms with Crippen molar-refractivity contribution in [3.63, 3.8) is 0 Å². The van der Waals surface area contributed by atoms with E-state index in [4.69, 9.17) is 9.05 Å². The number of hydrogen-bond acceptors (Lipinski definition) is 6. The third-order valence-electron chi connectivity index (χ3n) is 10.3. The first-order valence-electron chi connectivity index (χ1n) is 22.5. The highest BCUT2D eigenvalue weighted by atomic mass is 31.2. The van der Waals surface area contributed by atoms with Crippen LogP contribution in [0.5, 0.6) is 0 Å². The number of nitrogens with one attached hydrogen (secondary N) is 1. The van der Waals surface area contributed by atoms with Crippen molar-refractivity contribution in [2.24, 2.45) is 0 Å². The number of aliphatic hydroxyl groups excluding tert-OH is 1. The van der Waals surface area contributed by atoms with Gasteiger partial charge in [0.15, 0.2) is 0 Å². The Kier molecular flexibility index (Phi) is 36.3. The summed E-state index contributed by atoms with van der Waals surface area (Å²) in [6.07, 6.45) is 40.8. The number of unbranched alkanes of at least 4 members (excludes halogenated alkanes) is 26. The Hall–Kier alpha value is -0.760. The van der Waals surface area contributed by atoms with Gasteiger partial charge in [0, 0.05) is 6.42 Å². The van der Waals surface area contributed by atoms with Crippen LogP contribution >= 0.6 is 7.82 Å². The van der Waals surface area contributed by atoms with Gasteiger partial charge in [0.1, 0.15) is 13.2 Å². The number of aliphatic hydroxyl groups is 1. The standard InChI is InChI=1S/C44H89N2O6P/c1-6-8-10-12-14-16-18-20-21-22-23-24-25-26-28-30-32-34-36-38-44(48)45-42(41-52-53(49,50)51-40-39-46(3,4)5)43(47)37-35-33-31-29-27-19-17-15-13-11-9-7-2/h27,29,42-43,47H,6-26,28,30-41H2,1-5H3,(H-,45,48,49,50)/b29-27+/t42-,43+/m0/s1. The third-order valence-corrected chi connectivity index (χ3v) is 11.2. The van der Waals surface area contributed by atoms with E-state index < -0.39 is 20.0 Å². The van der Waals surface area contributed by atoms with Crippen LogP contribution in [0.2, 0.25) is 0 Å². The molecule has 0 saturated carbocycles. The molecule has 53 heavy (non-hydrogen) atoms. The number of likely N-dealkylation sites (N-methyl/N-ethyl adjacent to an activating group) is 1. The van der Waals surface area contributed by atoms with Gasteiger partial charge in [-0.2, -0.15) is 0 Å². The fraction of sp³-hybridized carbons (Fsp3) is 0.932. The summed E-state index contributed by atoms with van der Waals surface area (Å²) < 4.78 is 23.2. The molecule has 9 heteroatoms. The second-order valence-electron chi connectivity index (χ2n) is 16.8. The van der Waals surface area contributed by atoms with E-state index in [0.29, 0.717) is 23.9 Å². The van der Waals surface area contributed by atoms with Crippen LogP contribution in [-0.4, -0.2) is 68.5 Å². The molecule has 1 amide bonds. The molecule has 3 atom stereocenters. The number of phosphoric ester groups is 1. The number of carbonyl (C=O) groups excluding carboxylic acids is 1. The summed E-state index contributed by atoms with van der Waals surface area (Å²) in [5.41, 5.74) is 0. The molecular weight excluding hydrogens is 683 g/mol. The van der Waals surface area contributed by atoms with Crippen LogP contribution in [0.15, 0.2) is 12.2 Å². The molecule has 0 aliphatic rings. The molecule has 2 N–H and O–H groups in total. The van der Waals surface area contributed by atoms with Gasteiger partial charge in [0.25, 0.3) is 7.82 Å². The molecule has 0 rings (SSSR count). The largest absolute Gasteiger partial charge is 0.756 e.